The van der Waals surface area contributed by atoms with Gasteiger partial charge < -0.3 is 0 Å². The van der Waals surface area contributed by atoms with Crippen molar-refractivity contribution in [3.63, 3.8) is 0 Å². The summed E-state index contributed by atoms with van der Waals surface area (Å²) < 4.78 is 0. The molecule has 0 aliphatic rings. The van der Waals surface area contributed by atoms with E-state index in [0.717, 1.165) is 19.3 Å². The van der Waals surface area contributed by atoms with Crippen molar-refractivity contribution < 1.29 is 0 Å². The summed E-state index contributed by atoms with van der Waals surface area (Å²) in [6.45, 7) is 12.6. The highest BCUT2D eigenvalue weighted by atomic mass is 14.0. The minimum Gasteiger partial charge on any atom is -0.0853 e. The molecule has 0 atom stereocenters. The summed E-state index contributed by atoms with van der Waals surface area (Å²) in [6.07, 6.45) is 12.8. The van der Waals surface area contributed by atoms with Crippen LogP contribution in [0.1, 0.15) is 59.8 Å². The molecule has 0 aromatic rings. The molecule has 16 heavy (non-hydrogen) atoms. The molecule has 0 saturated heterocycles. The van der Waals surface area contributed by atoms with Gasteiger partial charge in [0.15, 0.2) is 0 Å². The molecule has 0 unspecified atom stereocenters. The predicted molar refractivity (Wildman–Crippen MR) is 75.4 cm³/mol. The standard InChI is InChI=1S/C16H27/c1-6-7-10-15(4)12-13-16(5)11-8-9-14(2)3/h9-10,13H,2,6-8,11-12H2,1,3-5H3/b14-9-,15-10+,16-13+. The van der Waals surface area contributed by atoms with Crippen LogP contribution in [-0.2, 0) is 0 Å². The number of allylic oxidation sites excluding steroid dienone is 6. The van der Waals surface area contributed by atoms with Crippen LogP contribution in [0.25, 0.3) is 0 Å². The molecule has 0 N–H and O–H groups in total. The van der Waals surface area contributed by atoms with Crippen molar-refractivity contribution in [1.29, 1.82) is 0 Å². The molecular weight excluding hydrogens is 192 g/mol. The van der Waals surface area contributed by atoms with Gasteiger partial charge in [0.05, 0.1) is 0 Å². The topological polar surface area (TPSA) is 0 Å². The molecule has 0 aromatic carbocycles. The lowest BCUT2D eigenvalue weighted by atomic mass is 10.1. The van der Waals surface area contributed by atoms with Crippen molar-refractivity contribution in [2.75, 3.05) is 0 Å². The monoisotopic (exact) mass is 219 g/mol. The van der Waals surface area contributed by atoms with Gasteiger partial charge in [0.25, 0.3) is 0 Å². The zero-order chi connectivity index (χ0) is 12.4. The number of rotatable bonds is 7. The van der Waals surface area contributed by atoms with E-state index in [9.17, 15) is 0 Å². The van der Waals surface area contributed by atoms with Crippen LogP contribution in [-0.4, -0.2) is 0 Å². The molecule has 0 fully saturated rings. The van der Waals surface area contributed by atoms with Gasteiger partial charge in [0.1, 0.15) is 0 Å². The molecule has 0 aliphatic heterocycles. The molecule has 0 bridgehead atoms. The highest BCUT2D eigenvalue weighted by Crippen LogP contribution is 2.11. The van der Waals surface area contributed by atoms with E-state index >= 15 is 0 Å². The zero-order valence-electron chi connectivity index (χ0n) is 11.5. The van der Waals surface area contributed by atoms with Gasteiger partial charge in [-0.2, -0.15) is 0 Å². The van der Waals surface area contributed by atoms with Crippen molar-refractivity contribution in [1.82, 2.24) is 0 Å². The van der Waals surface area contributed by atoms with Crippen LogP contribution in [0.4, 0.5) is 0 Å². The smallest absolute Gasteiger partial charge is 0.0139 e. The Balaban J connectivity index is 3.90. The lowest BCUT2D eigenvalue weighted by molar-refractivity contribution is 0.933. The molecule has 1 radical (unpaired) electrons. The first-order valence-electron chi connectivity index (χ1n) is 6.36. The molecule has 0 rings (SSSR count). The van der Waals surface area contributed by atoms with E-state index in [0.29, 0.717) is 0 Å². The largest absolute Gasteiger partial charge is 0.0853 e. The van der Waals surface area contributed by atoms with Crippen LogP contribution in [0.2, 0.25) is 0 Å². The normalized spacial score (nSPS) is 14.4. The van der Waals surface area contributed by atoms with Crippen molar-refractivity contribution in [3.05, 3.63) is 41.9 Å². The van der Waals surface area contributed by atoms with Crippen LogP contribution in [0.5, 0.6) is 0 Å². The second kappa shape index (κ2) is 9.45. The summed E-state index contributed by atoms with van der Waals surface area (Å²) in [4.78, 5) is 0. The Kier molecular flexibility index (Phi) is 8.99. The van der Waals surface area contributed by atoms with Crippen molar-refractivity contribution >= 4 is 0 Å². The highest BCUT2D eigenvalue weighted by molar-refractivity contribution is 5.10. The van der Waals surface area contributed by atoms with E-state index in [1.807, 2.05) is 0 Å². The van der Waals surface area contributed by atoms with Gasteiger partial charge in [-0.3, -0.25) is 0 Å². The summed E-state index contributed by atoms with van der Waals surface area (Å²) in [5.41, 5.74) is 4.15. The molecule has 91 valence electrons. The summed E-state index contributed by atoms with van der Waals surface area (Å²) in [5, 5.41) is 0. The average molecular weight is 219 g/mol. The molecule has 0 aromatic heterocycles. The number of hydrogen-bond acceptors (Lipinski definition) is 0. The van der Waals surface area contributed by atoms with Crippen molar-refractivity contribution in [2.45, 2.75) is 59.8 Å². The summed E-state index contributed by atoms with van der Waals surface area (Å²) in [7, 11) is 0. The maximum absolute atomic E-state index is 3.88. The Hall–Kier alpha value is -0.780. The maximum Gasteiger partial charge on any atom is -0.0139 e. The van der Waals surface area contributed by atoms with Gasteiger partial charge >= 0.3 is 0 Å². The molecule has 0 aliphatic carbocycles. The third-order valence-corrected chi connectivity index (χ3v) is 2.59. The van der Waals surface area contributed by atoms with Crippen LogP contribution in [0.15, 0.2) is 34.9 Å². The van der Waals surface area contributed by atoms with Gasteiger partial charge in [-0.25, -0.2) is 0 Å². The Morgan fingerprint density at radius 2 is 1.62 bits per heavy atom. The molecular formula is C16H27. The average Bonchev–Trinajstić information content (AvgIpc) is 2.23. The van der Waals surface area contributed by atoms with E-state index in [4.69, 9.17) is 0 Å². The fourth-order valence-corrected chi connectivity index (χ4v) is 1.46. The quantitative estimate of drug-likeness (QED) is 0.487. The van der Waals surface area contributed by atoms with Crippen molar-refractivity contribution in [3.8, 4) is 0 Å². The zero-order valence-corrected chi connectivity index (χ0v) is 11.5. The fourth-order valence-electron chi connectivity index (χ4n) is 1.46. The van der Waals surface area contributed by atoms with E-state index in [1.54, 1.807) is 0 Å². The Labute approximate surface area is 102 Å². The third kappa shape index (κ3) is 9.76. The molecule has 0 heteroatoms. The van der Waals surface area contributed by atoms with E-state index in [2.05, 4.69) is 52.8 Å². The lowest BCUT2D eigenvalue weighted by Gasteiger charge is -2.00. The third-order valence-electron chi connectivity index (χ3n) is 2.59. The second-order valence-corrected chi connectivity index (χ2v) is 4.68. The van der Waals surface area contributed by atoms with E-state index in [1.165, 1.54) is 29.6 Å². The first-order valence-corrected chi connectivity index (χ1v) is 6.36. The van der Waals surface area contributed by atoms with E-state index < -0.39 is 0 Å². The SMILES string of the molecule is [CH2]/C(C)=C/CC/C(C)=C/C/C(C)=C/CCC. The summed E-state index contributed by atoms with van der Waals surface area (Å²) in [5.74, 6) is 0. The van der Waals surface area contributed by atoms with Gasteiger partial charge in [-0.1, -0.05) is 48.3 Å². The van der Waals surface area contributed by atoms with Gasteiger partial charge in [0, 0.05) is 0 Å². The number of unbranched alkanes of at least 4 members (excludes halogenated alkanes) is 1. The van der Waals surface area contributed by atoms with Crippen LogP contribution >= 0.6 is 0 Å². The first-order chi connectivity index (χ1) is 7.56. The number of hydrogen-bond donors (Lipinski definition) is 0. The maximum atomic E-state index is 3.88. The van der Waals surface area contributed by atoms with E-state index in [-0.39, 0.29) is 0 Å². The first kappa shape index (κ1) is 15.2. The van der Waals surface area contributed by atoms with Crippen LogP contribution in [0, 0.1) is 6.92 Å². The van der Waals surface area contributed by atoms with Gasteiger partial charge in [-0.05, 0) is 53.4 Å². The minimum absolute atomic E-state index is 1.11. The minimum atomic E-state index is 1.11. The molecule has 0 saturated carbocycles. The fraction of sp³-hybridized carbons (Fsp3) is 0.562. The van der Waals surface area contributed by atoms with Crippen LogP contribution in [0.3, 0.4) is 0 Å². The van der Waals surface area contributed by atoms with Crippen LogP contribution < -0.4 is 0 Å². The Morgan fingerprint density at radius 3 is 2.19 bits per heavy atom. The highest BCUT2D eigenvalue weighted by Gasteiger charge is 1.90. The molecule has 0 spiro atoms. The molecule has 0 amide bonds. The molecule has 0 nitrogen and oxygen atoms in total. The lowest BCUT2D eigenvalue weighted by Crippen LogP contribution is -1.80. The van der Waals surface area contributed by atoms with Gasteiger partial charge in [-0.15, -0.1) is 0 Å². The predicted octanol–water partition coefficient (Wildman–Crippen LogP) is 5.63. The second-order valence-electron chi connectivity index (χ2n) is 4.68. The Bertz CT molecular complexity index is 260. The Morgan fingerprint density at radius 1 is 0.938 bits per heavy atom. The summed E-state index contributed by atoms with van der Waals surface area (Å²) in [6, 6.07) is 0. The molecule has 0 heterocycles. The summed E-state index contributed by atoms with van der Waals surface area (Å²) >= 11 is 0. The van der Waals surface area contributed by atoms with Crippen molar-refractivity contribution in [2.24, 2.45) is 0 Å². The van der Waals surface area contributed by atoms with Gasteiger partial charge in [0.2, 0.25) is 0 Å².